The molecule has 1 N–H and O–H groups in total. The number of esters is 1. The molecule has 0 aromatic heterocycles. The molecule has 2 heterocycles. The average Bonchev–Trinajstić information content (AvgIpc) is 3.79. The molecule has 1 amide bonds. The Labute approximate surface area is 291 Å². The normalized spacial score (nSPS) is 26.2. The number of ether oxygens (including phenoxy) is 6. The minimum Gasteiger partial charge on any atom is -0.457 e. The summed E-state index contributed by atoms with van der Waals surface area (Å²) in [7, 11) is 5.29. The van der Waals surface area contributed by atoms with E-state index in [4.69, 9.17) is 28.4 Å². The molecule has 11 nitrogen and oxygen atoms in total. The fourth-order valence-electron chi connectivity index (χ4n) is 5.14. The molecule has 12 heteroatoms. The molecule has 5 atom stereocenters. The minimum atomic E-state index is -0.953. The van der Waals surface area contributed by atoms with E-state index < -0.39 is 54.2 Å². The third-order valence-electron chi connectivity index (χ3n) is 6.98. The van der Waals surface area contributed by atoms with Crippen molar-refractivity contribution >= 4 is 24.1 Å². The number of rotatable bonds is 9. The van der Waals surface area contributed by atoms with E-state index in [1.807, 2.05) is 81.8 Å². The number of carbonyl (C=O) groups excluding carboxylic acids is 2. The molecule has 2 aliphatic carbocycles. The van der Waals surface area contributed by atoms with Crippen molar-refractivity contribution in [1.82, 2.24) is 10.2 Å². The number of fused-ring (bicyclic) bond motifs is 1. The molecule has 4 aliphatic rings. The number of methoxy groups -OCH3 is 1. The van der Waals surface area contributed by atoms with Gasteiger partial charge in [0.05, 0.1) is 24.5 Å². The number of alkyl carbamates (subject to hydrolysis) is 1. The third kappa shape index (κ3) is 11.2. The molecule has 0 unspecified atom stereocenters. The molecule has 2 saturated heterocycles. The first-order chi connectivity index (χ1) is 21.8. The molecular weight excluding hydrogens is 646 g/mol. The van der Waals surface area contributed by atoms with E-state index in [1.54, 1.807) is 53.8 Å². The van der Waals surface area contributed by atoms with E-state index >= 15 is 0 Å². The monoisotopic (exact) mass is 691 g/mol. The van der Waals surface area contributed by atoms with Crippen LogP contribution in [0.1, 0.15) is 40.2 Å². The molecule has 0 bridgehead atoms. The summed E-state index contributed by atoms with van der Waals surface area (Å²) in [6.45, 7) is 8.78. The zero-order chi connectivity index (χ0) is 33.5. The number of amides is 1. The Bertz CT molecular complexity index is 1180. The van der Waals surface area contributed by atoms with Crippen LogP contribution >= 0.6 is 0 Å². The van der Waals surface area contributed by atoms with Crippen molar-refractivity contribution in [3.63, 3.8) is 0 Å². The fraction of sp³-hybridized carbons (Fsp3) is 0.457. The van der Waals surface area contributed by atoms with Crippen LogP contribution in [0.3, 0.4) is 0 Å². The van der Waals surface area contributed by atoms with Gasteiger partial charge >= 0.3 is 29.1 Å². The summed E-state index contributed by atoms with van der Waals surface area (Å²) in [4.78, 5) is 32.6. The standard InChI is InChI=1S/C30H40N3O8.C5H5.Fe/c1-29(2,3)41-28(35)31-16-22(23-24(36-8)25-27(38-23)40-30(4,5)39-25)37-26(34)20-14-11-13-18(20)19-12-9-10-15-21(19)32-17-33(6)7;1-2-4-5-3-1;/h9-15,17,22-25,27H,16H2,1-8H3,(H,31,35);1-5H;/q;;+2/t22-,23-,24+,25-,27-;;/m1../s1. The van der Waals surface area contributed by atoms with E-state index in [0.717, 1.165) is 5.56 Å². The Balaban J connectivity index is 0.000000913. The molecule has 5 rings (SSSR count). The number of para-hydroxylation sites is 1. The first-order valence-corrected chi connectivity index (χ1v) is 15.2. The summed E-state index contributed by atoms with van der Waals surface area (Å²) < 4.78 is 35.2. The number of nitrogens with zero attached hydrogens (tertiary/aromatic N) is 2. The summed E-state index contributed by atoms with van der Waals surface area (Å²) in [5.41, 5.74) is 0.774. The van der Waals surface area contributed by atoms with Gasteiger partial charge in [-0.1, -0.05) is 18.2 Å². The Hall–Kier alpha value is -2.21. The van der Waals surface area contributed by atoms with Gasteiger partial charge in [0, 0.05) is 27.1 Å². The Morgan fingerprint density at radius 1 is 1.04 bits per heavy atom. The van der Waals surface area contributed by atoms with Crippen molar-refractivity contribution < 1.29 is 55.1 Å². The average molecular weight is 692 g/mol. The quantitative estimate of drug-likeness (QED) is 0.174. The number of nitrogens with one attached hydrogen (secondary N) is 1. The van der Waals surface area contributed by atoms with Crippen molar-refractivity contribution in [1.29, 1.82) is 0 Å². The summed E-state index contributed by atoms with van der Waals surface area (Å²) in [5.74, 6) is -0.433. The maximum Gasteiger partial charge on any atom is 2.00 e. The predicted molar refractivity (Wildman–Crippen MR) is 172 cm³/mol. The zero-order valence-electron chi connectivity index (χ0n) is 28.1. The van der Waals surface area contributed by atoms with Crippen LogP contribution in [-0.2, 0) is 50.3 Å². The smallest absolute Gasteiger partial charge is 0.457 e. The largest absolute Gasteiger partial charge is 2.00 e. The van der Waals surface area contributed by atoms with Crippen LogP contribution < -0.4 is 5.32 Å². The van der Waals surface area contributed by atoms with Crippen molar-refractivity contribution in [2.45, 2.75) is 76.7 Å². The van der Waals surface area contributed by atoms with Gasteiger partial charge in [0.1, 0.15) is 30.0 Å². The molecule has 2 aliphatic heterocycles. The van der Waals surface area contributed by atoms with E-state index in [1.165, 1.54) is 7.11 Å². The Morgan fingerprint density at radius 2 is 1.70 bits per heavy atom. The van der Waals surface area contributed by atoms with Crippen molar-refractivity contribution in [3.05, 3.63) is 93.0 Å². The SMILES string of the molecule is CO[C@@H]1[C@H]2OC(C)(C)O[C@H]2O[C@@H]1[C@@H](CNC(=O)OC(C)(C)C)OC(=O)[C]1[CH][CH][CH][C]1c1ccccc1N=CN(C)C.[CH]1[CH][CH][CH][CH]1.[Fe+2]. The first kappa shape index (κ1) is 39.2. The molecule has 1 aromatic carbocycles. The molecule has 47 heavy (non-hydrogen) atoms. The number of hydrogen-bond donors (Lipinski definition) is 1. The topological polar surface area (TPSA) is 117 Å². The molecule has 0 spiro atoms. The summed E-state index contributed by atoms with van der Waals surface area (Å²) >= 11 is 0. The van der Waals surface area contributed by atoms with Gasteiger partial charge in [-0.2, -0.15) is 0 Å². The van der Waals surface area contributed by atoms with Crippen LogP contribution in [0.25, 0.3) is 0 Å². The van der Waals surface area contributed by atoms with E-state index in [2.05, 4.69) is 10.3 Å². The molecule has 1 aromatic rings. The molecule has 2 saturated carbocycles. The zero-order valence-corrected chi connectivity index (χ0v) is 29.2. The number of carbonyl (C=O) groups is 2. The number of aliphatic imine (C=N–C) groups is 1. The van der Waals surface area contributed by atoms with Crippen LogP contribution in [0.4, 0.5) is 10.5 Å². The van der Waals surface area contributed by atoms with Gasteiger partial charge in [-0.3, -0.25) is 4.79 Å². The Morgan fingerprint density at radius 3 is 2.32 bits per heavy atom. The third-order valence-corrected chi connectivity index (χ3v) is 6.98. The molecule has 254 valence electrons. The summed E-state index contributed by atoms with van der Waals surface area (Å²) in [5, 5.41) is 2.70. The van der Waals surface area contributed by atoms with E-state index in [0.29, 0.717) is 17.5 Å². The number of hydrogen-bond acceptors (Lipinski definition) is 9. The van der Waals surface area contributed by atoms with Gasteiger partial charge < -0.3 is 38.6 Å². The van der Waals surface area contributed by atoms with Gasteiger partial charge in [0.2, 0.25) is 0 Å². The summed E-state index contributed by atoms with van der Waals surface area (Å²) in [6.07, 6.45) is 12.7. The molecular formula is C35H45FeN3O8+2. The summed E-state index contributed by atoms with van der Waals surface area (Å²) in [6, 6.07) is 7.54. The van der Waals surface area contributed by atoms with Gasteiger partial charge in [0.25, 0.3) is 0 Å². The first-order valence-electron chi connectivity index (χ1n) is 15.2. The maximum absolute atomic E-state index is 13.7. The van der Waals surface area contributed by atoms with Crippen molar-refractivity contribution in [2.75, 3.05) is 27.7 Å². The van der Waals surface area contributed by atoms with Gasteiger partial charge in [-0.25, -0.2) is 9.79 Å². The van der Waals surface area contributed by atoms with Crippen LogP contribution in [0, 0.1) is 63.2 Å². The Kier molecular flexibility index (Phi) is 14.6. The van der Waals surface area contributed by atoms with Gasteiger partial charge in [0.15, 0.2) is 12.1 Å². The van der Waals surface area contributed by atoms with E-state index in [-0.39, 0.29) is 23.6 Å². The van der Waals surface area contributed by atoms with Crippen LogP contribution in [-0.4, -0.2) is 93.1 Å². The second-order valence-corrected chi connectivity index (χ2v) is 12.6. The van der Waals surface area contributed by atoms with Crippen molar-refractivity contribution in [3.8, 4) is 0 Å². The number of benzene rings is 1. The van der Waals surface area contributed by atoms with Crippen LogP contribution in [0.2, 0.25) is 0 Å². The maximum atomic E-state index is 13.7. The van der Waals surface area contributed by atoms with Crippen LogP contribution in [0.15, 0.2) is 29.3 Å². The minimum absolute atomic E-state index is 0. The van der Waals surface area contributed by atoms with Gasteiger partial charge in [-0.05, 0) is 97.6 Å². The van der Waals surface area contributed by atoms with Gasteiger partial charge in [-0.15, -0.1) is 0 Å². The fourth-order valence-corrected chi connectivity index (χ4v) is 5.14. The molecule has 4 fully saturated rings. The second-order valence-electron chi connectivity index (χ2n) is 12.6. The second kappa shape index (κ2) is 17.4. The molecule has 10 radical (unpaired) electrons. The van der Waals surface area contributed by atoms with Crippen molar-refractivity contribution in [2.24, 2.45) is 4.99 Å². The predicted octanol–water partition coefficient (Wildman–Crippen LogP) is 4.38. The van der Waals surface area contributed by atoms with E-state index in [9.17, 15) is 9.59 Å². The van der Waals surface area contributed by atoms with Crippen LogP contribution in [0.5, 0.6) is 0 Å².